The summed E-state index contributed by atoms with van der Waals surface area (Å²) in [6.07, 6.45) is 2.84. The van der Waals surface area contributed by atoms with Crippen LogP contribution < -0.4 is 0 Å². The fourth-order valence-electron chi connectivity index (χ4n) is 3.83. The lowest BCUT2D eigenvalue weighted by atomic mass is 9.73. The van der Waals surface area contributed by atoms with Crippen LogP contribution >= 0.6 is 0 Å². The highest BCUT2D eigenvalue weighted by Crippen LogP contribution is 2.44. The quantitative estimate of drug-likeness (QED) is 0.718. The second-order valence-electron chi connectivity index (χ2n) is 6.34. The molecule has 0 amide bonds. The average Bonchev–Trinajstić information content (AvgIpc) is 3.03. The van der Waals surface area contributed by atoms with Crippen molar-refractivity contribution in [2.75, 3.05) is 6.61 Å². The number of carbonyl (C=O) groups is 2. The van der Waals surface area contributed by atoms with Crippen molar-refractivity contribution in [3.8, 4) is 11.3 Å². The topological polar surface area (TPSA) is 108 Å². The van der Waals surface area contributed by atoms with Crippen molar-refractivity contribution in [2.45, 2.75) is 31.5 Å². The van der Waals surface area contributed by atoms with Crippen LogP contribution in [0.25, 0.3) is 11.3 Å². The number of aliphatic hydroxyl groups excluding tert-OH is 2. The zero-order chi connectivity index (χ0) is 17.1. The Kier molecular flexibility index (Phi) is 3.25. The first-order valence-corrected chi connectivity index (χ1v) is 7.82. The molecule has 2 aliphatic rings. The van der Waals surface area contributed by atoms with E-state index in [4.69, 9.17) is 4.42 Å². The van der Waals surface area contributed by atoms with E-state index in [0.717, 1.165) is 0 Å². The lowest BCUT2D eigenvalue weighted by Gasteiger charge is -2.34. The molecule has 6 heteroatoms. The van der Waals surface area contributed by atoms with E-state index in [2.05, 4.69) is 0 Å². The largest absolute Gasteiger partial charge is 0.463 e. The third-order valence-electron chi connectivity index (χ3n) is 5.04. The van der Waals surface area contributed by atoms with Crippen molar-refractivity contribution in [3.63, 3.8) is 0 Å². The fourth-order valence-corrected chi connectivity index (χ4v) is 3.83. The number of ketones is 2. The van der Waals surface area contributed by atoms with Gasteiger partial charge >= 0.3 is 0 Å². The van der Waals surface area contributed by atoms with Crippen molar-refractivity contribution in [1.29, 1.82) is 0 Å². The molecule has 2 aromatic rings. The predicted octanol–water partition coefficient (Wildman–Crippen LogP) is 1.33. The average molecular weight is 328 g/mol. The minimum Gasteiger partial charge on any atom is -0.463 e. The maximum atomic E-state index is 12.7. The summed E-state index contributed by atoms with van der Waals surface area (Å²) in [4.78, 5) is 25.2. The van der Waals surface area contributed by atoms with E-state index in [1.54, 1.807) is 12.1 Å². The van der Waals surface area contributed by atoms with Crippen molar-refractivity contribution in [2.24, 2.45) is 0 Å². The molecule has 124 valence electrons. The van der Waals surface area contributed by atoms with Gasteiger partial charge in [-0.15, -0.1) is 0 Å². The zero-order valence-corrected chi connectivity index (χ0v) is 12.8. The molecule has 0 saturated carbocycles. The fraction of sp³-hybridized carbons (Fsp3) is 0.333. The highest BCUT2D eigenvalue weighted by Gasteiger charge is 2.41. The number of hydrogen-bond donors (Lipinski definition) is 3. The molecule has 6 nitrogen and oxygen atoms in total. The van der Waals surface area contributed by atoms with Gasteiger partial charge in [0.25, 0.3) is 0 Å². The lowest BCUT2D eigenvalue weighted by Crippen LogP contribution is -2.36. The standard InChI is InChI=1S/C18H16O6/c19-6-9-7-24-17-11-3-4-12-10(2-1-5-18(12,23)8-20)14(11)16(22)15(21)13(9)17/h3-4,7,19-20,23H,1-2,5-6,8H2. The number of fused-ring (bicyclic) bond motifs is 5. The number of furan rings is 1. The number of aliphatic hydroxyl groups is 3. The van der Waals surface area contributed by atoms with E-state index < -0.39 is 23.8 Å². The zero-order valence-electron chi connectivity index (χ0n) is 12.8. The molecular formula is C18H16O6. The molecule has 24 heavy (non-hydrogen) atoms. The van der Waals surface area contributed by atoms with Gasteiger partial charge in [0, 0.05) is 16.7 Å². The molecule has 3 N–H and O–H groups in total. The first kappa shape index (κ1) is 15.3. The molecule has 0 spiro atoms. The first-order valence-electron chi connectivity index (χ1n) is 7.82. The Hall–Kier alpha value is -2.28. The van der Waals surface area contributed by atoms with Gasteiger partial charge in [-0.25, -0.2) is 0 Å². The first-order chi connectivity index (χ1) is 11.5. The number of carbonyl (C=O) groups excluding carboxylic acids is 2. The molecule has 4 rings (SSSR count). The minimum atomic E-state index is -1.40. The normalized spacial score (nSPS) is 22.1. The van der Waals surface area contributed by atoms with Crippen molar-refractivity contribution < 1.29 is 29.3 Å². The monoisotopic (exact) mass is 328 g/mol. The second kappa shape index (κ2) is 5.11. The van der Waals surface area contributed by atoms with Gasteiger partial charge in [0.1, 0.15) is 11.4 Å². The molecule has 1 heterocycles. The summed E-state index contributed by atoms with van der Waals surface area (Å²) in [5, 5.41) is 29.5. The molecule has 1 aromatic heterocycles. The minimum absolute atomic E-state index is 0.114. The Bertz CT molecular complexity index is 878. The molecular weight excluding hydrogens is 312 g/mol. The van der Waals surface area contributed by atoms with Gasteiger partial charge in [-0.1, -0.05) is 12.1 Å². The summed E-state index contributed by atoms with van der Waals surface area (Å²) < 4.78 is 5.45. The van der Waals surface area contributed by atoms with E-state index in [9.17, 15) is 24.9 Å². The van der Waals surface area contributed by atoms with Crippen LogP contribution in [-0.4, -0.2) is 33.5 Å². The predicted molar refractivity (Wildman–Crippen MR) is 82.6 cm³/mol. The Labute approximate surface area is 137 Å². The van der Waals surface area contributed by atoms with Crippen LogP contribution in [0.2, 0.25) is 0 Å². The van der Waals surface area contributed by atoms with E-state index in [0.29, 0.717) is 41.5 Å². The summed E-state index contributed by atoms with van der Waals surface area (Å²) in [7, 11) is 0. The van der Waals surface area contributed by atoms with Crippen LogP contribution in [0.3, 0.4) is 0 Å². The van der Waals surface area contributed by atoms with Crippen molar-refractivity contribution in [1.82, 2.24) is 0 Å². The van der Waals surface area contributed by atoms with Gasteiger partial charge in [0.2, 0.25) is 11.6 Å². The molecule has 1 aromatic carbocycles. The SMILES string of the molecule is O=C1C(=O)c2c(ccc3c2CCCC3(O)CO)-c2occ(CO)c21. The van der Waals surface area contributed by atoms with Gasteiger partial charge in [-0.3, -0.25) is 9.59 Å². The molecule has 1 unspecified atom stereocenters. The number of Topliss-reactive ketones (excluding diaryl/α,β-unsaturated/α-hetero) is 2. The van der Waals surface area contributed by atoms with E-state index in [1.165, 1.54) is 6.26 Å². The molecule has 1 atom stereocenters. The number of hydrogen-bond acceptors (Lipinski definition) is 6. The van der Waals surface area contributed by atoms with Gasteiger partial charge < -0.3 is 19.7 Å². The van der Waals surface area contributed by atoms with Crippen LogP contribution in [0.1, 0.15) is 50.2 Å². The molecule has 2 aliphatic carbocycles. The molecule has 0 bridgehead atoms. The maximum Gasteiger partial charge on any atom is 0.237 e. The third kappa shape index (κ3) is 1.81. The molecule has 0 saturated heterocycles. The summed E-state index contributed by atoms with van der Waals surface area (Å²) in [6.45, 7) is -0.829. The van der Waals surface area contributed by atoms with Crippen LogP contribution in [0.4, 0.5) is 0 Å². The van der Waals surface area contributed by atoms with E-state index in [1.807, 2.05) is 0 Å². The molecule has 0 radical (unpaired) electrons. The van der Waals surface area contributed by atoms with E-state index >= 15 is 0 Å². The Morgan fingerprint density at radius 3 is 2.58 bits per heavy atom. The Balaban J connectivity index is 2.02. The summed E-state index contributed by atoms with van der Waals surface area (Å²) in [6, 6.07) is 3.31. The molecule has 0 fully saturated rings. The Morgan fingerprint density at radius 2 is 1.88 bits per heavy atom. The van der Waals surface area contributed by atoms with Crippen LogP contribution in [0.5, 0.6) is 0 Å². The summed E-state index contributed by atoms with van der Waals surface area (Å²) in [5.41, 5.74) is 0.841. The number of rotatable bonds is 2. The highest BCUT2D eigenvalue weighted by molar-refractivity contribution is 6.53. The van der Waals surface area contributed by atoms with Gasteiger partial charge in [0.15, 0.2) is 0 Å². The van der Waals surface area contributed by atoms with Gasteiger partial charge in [-0.05, 0) is 30.4 Å². The lowest BCUT2D eigenvalue weighted by molar-refractivity contribution is -0.0327. The van der Waals surface area contributed by atoms with Gasteiger partial charge in [-0.2, -0.15) is 0 Å². The summed E-state index contributed by atoms with van der Waals surface area (Å²) in [5.74, 6) is -1.09. The van der Waals surface area contributed by atoms with Crippen LogP contribution in [-0.2, 0) is 18.6 Å². The van der Waals surface area contributed by atoms with Crippen molar-refractivity contribution >= 4 is 11.6 Å². The van der Waals surface area contributed by atoms with Crippen LogP contribution in [0, 0.1) is 0 Å². The van der Waals surface area contributed by atoms with Crippen molar-refractivity contribution in [3.05, 3.63) is 46.2 Å². The highest BCUT2D eigenvalue weighted by atomic mass is 16.3. The molecule has 0 aliphatic heterocycles. The Morgan fingerprint density at radius 1 is 1.12 bits per heavy atom. The second-order valence-corrected chi connectivity index (χ2v) is 6.34. The number of benzene rings is 1. The summed E-state index contributed by atoms with van der Waals surface area (Å²) >= 11 is 0. The van der Waals surface area contributed by atoms with Gasteiger partial charge in [0.05, 0.1) is 25.0 Å². The van der Waals surface area contributed by atoms with Crippen LogP contribution in [0.15, 0.2) is 22.8 Å². The smallest absolute Gasteiger partial charge is 0.237 e. The maximum absolute atomic E-state index is 12.7. The third-order valence-corrected chi connectivity index (χ3v) is 5.04. The van der Waals surface area contributed by atoms with E-state index in [-0.39, 0.29) is 23.5 Å².